The highest BCUT2D eigenvalue weighted by molar-refractivity contribution is 6.30. The van der Waals surface area contributed by atoms with Crippen LogP contribution in [0.5, 0.6) is 0 Å². The van der Waals surface area contributed by atoms with E-state index in [-0.39, 0.29) is 5.02 Å². The van der Waals surface area contributed by atoms with Crippen LogP contribution in [0.1, 0.15) is 11.5 Å². The third kappa shape index (κ3) is 2.60. The first-order valence-electron chi connectivity index (χ1n) is 4.08. The Kier molecular flexibility index (Phi) is 3.57. The van der Waals surface area contributed by atoms with Gasteiger partial charge in [0.1, 0.15) is 5.82 Å². The van der Waals surface area contributed by atoms with Gasteiger partial charge in [-0.25, -0.2) is 4.39 Å². The molecule has 0 aliphatic rings. The van der Waals surface area contributed by atoms with Crippen molar-refractivity contribution in [1.29, 1.82) is 0 Å². The van der Waals surface area contributed by atoms with Crippen molar-refractivity contribution >= 4 is 11.6 Å². The predicted octanol–water partition coefficient (Wildman–Crippen LogP) is 3.08. The molecule has 0 heterocycles. The van der Waals surface area contributed by atoms with Crippen LogP contribution in [0.15, 0.2) is 18.2 Å². The summed E-state index contributed by atoms with van der Waals surface area (Å²) in [5.41, 5.74) is 4.46. The standard InChI is InChI=1S/C9H8ClF4N/c10-7-3-1-2-5(8(7)11)6(4-15)9(12,13)14/h1-3,6H,4,15H2. The van der Waals surface area contributed by atoms with Crippen LogP contribution in [0.3, 0.4) is 0 Å². The number of alkyl halides is 3. The molecule has 0 aliphatic carbocycles. The summed E-state index contributed by atoms with van der Waals surface area (Å²) in [5.74, 6) is -3.08. The summed E-state index contributed by atoms with van der Waals surface area (Å²) in [6.45, 7) is -0.708. The molecule has 0 saturated heterocycles. The summed E-state index contributed by atoms with van der Waals surface area (Å²) in [6, 6.07) is 3.48. The zero-order chi connectivity index (χ0) is 11.6. The van der Waals surface area contributed by atoms with Gasteiger partial charge in [0.25, 0.3) is 0 Å². The van der Waals surface area contributed by atoms with Crippen molar-refractivity contribution in [2.45, 2.75) is 12.1 Å². The van der Waals surface area contributed by atoms with Gasteiger partial charge in [-0.3, -0.25) is 0 Å². The first-order chi connectivity index (χ1) is 6.88. The molecule has 0 fully saturated rings. The van der Waals surface area contributed by atoms with Gasteiger partial charge >= 0.3 is 6.18 Å². The SMILES string of the molecule is NCC(c1cccc(Cl)c1F)C(F)(F)F. The van der Waals surface area contributed by atoms with Gasteiger partial charge in [-0.15, -0.1) is 0 Å². The summed E-state index contributed by atoms with van der Waals surface area (Å²) < 4.78 is 50.6. The van der Waals surface area contributed by atoms with E-state index in [1.54, 1.807) is 0 Å². The van der Waals surface area contributed by atoms with E-state index in [1.807, 2.05) is 0 Å². The van der Waals surface area contributed by atoms with E-state index in [0.717, 1.165) is 6.07 Å². The Morgan fingerprint density at radius 2 is 1.93 bits per heavy atom. The molecular formula is C9H8ClF4N. The molecule has 0 radical (unpaired) electrons. The molecule has 0 amide bonds. The molecular weight excluding hydrogens is 234 g/mol. The molecule has 1 unspecified atom stereocenters. The highest BCUT2D eigenvalue weighted by atomic mass is 35.5. The van der Waals surface area contributed by atoms with Crippen molar-refractivity contribution in [3.05, 3.63) is 34.6 Å². The molecule has 1 nitrogen and oxygen atoms in total. The van der Waals surface area contributed by atoms with Gasteiger partial charge in [0.2, 0.25) is 0 Å². The second-order valence-electron chi connectivity index (χ2n) is 2.97. The molecule has 1 aromatic carbocycles. The Bertz CT molecular complexity index is 350. The minimum atomic E-state index is -4.57. The Morgan fingerprint density at radius 1 is 1.33 bits per heavy atom. The molecule has 15 heavy (non-hydrogen) atoms. The fourth-order valence-corrected chi connectivity index (χ4v) is 1.41. The third-order valence-electron chi connectivity index (χ3n) is 1.99. The number of benzene rings is 1. The largest absolute Gasteiger partial charge is 0.397 e. The van der Waals surface area contributed by atoms with Crippen LogP contribution in [0, 0.1) is 5.82 Å². The van der Waals surface area contributed by atoms with Gasteiger partial charge < -0.3 is 5.73 Å². The van der Waals surface area contributed by atoms with E-state index < -0.39 is 30.0 Å². The third-order valence-corrected chi connectivity index (χ3v) is 2.28. The molecule has 84 valence electrons. The maximum Gasteiger partial charge on any atom is 0.397 e. The van der Waals surface area contributed by atoms with Gasteiger partial charge in [-0.2, -0.15) is 13.2 Å². The summed E-state index contributed by atoms with van der Waals surface area (Å²) in [6.07, 6.45) is -4.57. The predicted molar refractivity (Wildman–Crippen MR) is 49.3 cm³/mol. The molecule has 1 atom stereocenters. The average molecular weight is 242 g/mol. The van der Waals surface area contributed by atoms with Crippen molar-refractivity contribution in [2.75, 3.05) is 6.54 Å². The second kappa shape index (κ2) is 4.37. The van der Waals surface area contributed by atoms with Crippen LogP contribution in [-0.4, -0.2) is 12.7 Å². The Morgan fingerprint density at radius 3 is 2.40 bits per heavy atom. The van der Waals surface area contributed by atoms with Gasteiger partial charge in [0.05, 0.1) is 10.9 Å². The number of halogens is 5. The van der Waals surface area contributed by atoms with Gasteiger partial charge in [-0.05, 0) is 6.07 Å². The molecule has 0 aliphatic heterocycles. The topological polar surface area (TPSA) is 26.0 Å². The Hall–Kier alpha value is -0.810. The zero-order valence-corrected chi connectivity index (χ0v) is 8.24. The Labute approximate surface area is 88.8 Å². The number of nitrogens with two attached hydrogens (primary N) is 1. The van der Waals surface area contributed by atoms with E-state index in [1.165, 1.54) is 12.1 Å². The van der Waals surface area contributed by atoms with Crippen LogP contribution in [0.25, 0.3) is 0 Å². The fourth-order valence-electron chi connectivity index (χ4n) is 1.23. The maximum atomic E-state index is 13.3. The first kappa shape index (κ1) is 12.3. The van der Waals surface area contributed by atoms with Crippen molar-refractivity contribution in [3.8, 4) is 0 Å². The lowest BCUT2D eigenvalue weighted by Crippen LogP contribution is -2.28. The molecule has 2 N–H and O–H groups in total. The van der Waals surface area contributed by atoms with Crippen LogP contribution < -0.4 is 5.73 Å². The highest BCUT2D eigenvalue weighted by Crippen LogP contribution is 2.36. The van der Waals surface area contributed by atoms with E-state index in [4.69, 9.17) is 17.3 Å². The van der Waals surface area contributed by atoms with Crippen molar-refractivity contribution < 1.29 is 17.6 Å². The summed E-state index contributed by atoms with van der Waals surface area (Å²) >= 11 is 5.38. The summed E-state index contributed by atoms with van der Waals surface area (Å²) in [7, 11) is 0. The van der Waals surface area contributed by atoms with Gasteiger partial charge in [-0.1, -0.05) is 23.7 Å². The molecule has 6 heteroatoms. The Balaban J connectivity index is 3.19. The van der Waals surface area contributed by atoms with Crippen molar-refractivity contribution in [3.63, 3.8) is 0 Å². The van der Waals surface area contributed by atoms with Crippen LogP contribution in [0.2, 0.25) is 5.02 Å². The summed E-state index contributed by atoms with van der Waals surface area (Å²) in [4.78, 5) is 0. The molecule has 0 aromatic heterocycles. The van der Waals surface area contributed by atoms with E-state index in [9.17, 15) is 17.6 Å². The maximum absolute atomic E-state index is 13.3. The fraction of sp³-hybridized carbons (Fsp3) is 0.333. The number of hydrogen-bond acceptors (Lipinski definition) is 1. The minimum Gasteiger partial charge on any atom is -0.330 e. The van der Waals surface area contributed by atoms with E-state index in [0.29, 0.717) is 0 Å². The first-order valence-corrected chi connectivity index (χ1v) is 4.46. The van der Waals surface area contributed by atoms with Crippen LogP contribution >= 0.6 is 11.6 Å². The quantitative estimate of drug-likeness (QED) is 0.791. The number of hydrogen-bond donors (Lipinski definition) is 1. The minimum absolute atomic E-state index is 0.338. The van der Waals surface area contributed by atoms with Crippen LogP contribution in [0.4, 0.5) is 17.6 Å². The molecule has 0 bridgehead atoms. The lowest BCUT2D eigenvalue weighted by Gasteiger charge is -2.19. The monoisotopic (exact) mass is 241 g/mol. The molecule has 1 rings (SSSR count). The van der Waals surface area contributed by atoms with Crippen LogP contribution in [-0.2, 0) is 0 Å². The lowest BCUT2D eigenvalue weighted by atomic mass is 9.98. The molecule has 0 saturated carbocycles. The van der Waals surface area contributed by atoms with Gasteiger partial charge in [0.15, 0.2) is 0 Å². The lowest BCUT2D eigenvalue weighted by molar-refractivity contribution is -0.148. The zero-order valence-electron chi connectivity index (χ0n) is 7.48. The molecule has 1 aromatic rings. The van der Waals surface area contributed by atoms with E-state index in [2.05, 4.69) is 0 Å². The second-order valence-corrected chi connectivity index (χ2v) is 3.38. The normalized spacial score (nSPS) is 14.0. The van der Waals surface area contributed by atoms with Crippen molar-refractivity contribution in [2.24, 2.45) is 5.73 Å². The van der Waals surface area contributed by atoms with Gasteiger partial charge in [0, 0.05) is 12.1 Å². The smallest absolute Gasteiger partial charge is 0.330 e. The van der Waals surface area contributed by atoms with E-state index >= 15 is 0 Å². The number of rotatable bonds is 2. The summed E-state index contributed by atoms with van der Waals surface area (Å²) in [5, 5.41) is -0.338. The highest BCUT2D eigenvalue weighted by Gasteiger charge is 2.41. The average Bonchev–Trinajstić information content (AvgIpc) is 2.11. The molecule has 0 spiro atoms. The van der Waals surface area contributed by atoms with Crippen molar-refractivity contribution in [1.82, 2.24) is 0 Å².